The van der Waals surface area contributed by atoms with E-state index in [1.165, 1.54) is 0 Å². The molecular weight excluding hydrogens is 287 g/mol. The van der Waals surface area contributed by atoms with Crippen LogP contribution in [0.1, 0.15) is 38.5 Å². The van der Waals surface area contributed by atoms with Gasteiger partial charge in [0.2, 0.25) is 0 Å². The highest BCUT2D eigenvalue weighted by atomic mass is 35.5. The molecule has 0 saturated carbocycles. The van der Waals surface area contributed by atoms with Crippen LogP contribution in [0.25, 0.3) is 0 Å². The Bertz CT molecular complexity index is 351. The van der Waals surface area contributed by atoms with Crippen LogP contribution in [-0.2, 0) is 9.47 Å². The standard InChI is InChI=1S/C13H17Cl2O2Si/c1-3-11(14)16-13(17-12(15)4-2)9-7-5-6-8-10(9)18/h5-8,11-13H,3-4H2,1-2H3. The van der Waals surface area contributed by atoms with Crippen LogP contribution in [0.4, 0.5) is 0 Å². The van der Waals surface area contributed by atoms with Crippen molar-refractivity contribution in [3.05, 3.63) is 29.8 Å². The molecule has 1 aromatic rings. The Balaban J connectivity index is 2.86. The maximum atomic E-state index is 6.03. The van der Waals surface area contributed by atoms with Crippen molar-refractivity contribution in [3.63, 3.8) is 0 Å². The maximum Gasteiger partial charge on any atom is 0.187 e. The van der Waals surface area contributed by atoms with Crippen molar-refractivity contribution in [2.45, 2.75) is 44.1 Å². The molecule has 3 radical (unpaired) electrons. The number of hydrogen-bond acceptors (Lipinski definition) is 2. The molecule has 0 fully saturated rings. The largest absolute Gasteiger partial charge is 0.329 e. The summed E-state index contributed by atoms with van der Waals surface area (Å²) in [5, 5.41) is 0.905. The molecule has 0 aliphatic heterocycles. The SMILES string of the molecule is CCC(Cl)OC(OC(Cl)CC)c1ccccc1[Si]. The van der Waals surface area contributed by atoms with Gasteiger partial charge in [-0.25, -0.2) is 0 Å². The molecule has 1 rings (SSSR count). The molecule has 0 aliphatic carbocycles. The molecule has 0 aliphatic rings. The summed E-state index contributed by atoms with van der Waals surface area (Å²) in [7, 11) is 3.53. The summed E-state index contributed by atoms with van der Waals surface area (Å²) in [5.74, 6) is 0. The quantitative estimate of drug-likeness (QED) is 0.436. The first-order valence-corrected chi connectivity index (χ1v) is 7.35. The van der Waals surface area contributed by atoms with Gasteiger partial charge in [0.1, 0.15) is 11.1 Å². The van der Waals surface area contributed by atoms with Gasteiger partial charge >= 0.3 is 0 Å². The van der Waals surface area contributed by atoms with Crippen molar-refractivity contribution >= 4 is 38.6 Å². The van der Waals surface area contributed by atoms with Crippen molar-refractivity contribution in [1.82, 2.24) is 0 Å². The van der Waals surface area contributed by atoms with E-state index >= 15 is 0 Å². The zero-order chi connectivity index (χ0) is 13.5. The predicted octanol–water partition coefficient (Wildman–Crippen LogP) is 3.46. The van der Waals surface area contributed by atoms with Crippen molar-refractivity contribution in [2.75, 3.05) is 0 Å². The van der Waals surface area contributed by atoms with Crippen molar-refractivity contribution in [2.24, 2.45) is 0 Å². The van der Waals surface area contributed by atoms with Gasteiger partial charge in [-0.05, 0) is 12.8 Å². The van der Waals surface area contributed by atoms with E-state index in [1.54, 1.807) is 0 Å². The maximum absolute atomic E-state index is 6.03. The highest BCUT2D eigenvalue weighted by Gasteiger charge is 2.21. The van der Waals surface area contributed by atoms with Gasteiger partial charge in [-0.3, -0.25) is 0 Å². The Hall–Kier alpha value is -0.0631. The molecular formula is C13H17Cl2O2Si. The van der Waals surface area contributed by atoms with Gasteiger partial charge in [0.25, 0.3) is 0 Å². The van der Waals surface area contributed by atoms with E-state index in [0.29, 0.717) is 12.8 Å². The fraction of sp³-hybridized carbons (Fsp3) is 0.538. The van der Waals surface area contributed by atoms with Crippen molar-refractivity contribution in [3.8, 4) is 0 Å². The van der Waals surface area contributed by atoms with Gasteiger partial charge in [0.05, 0.1) is 10.2 Å². The summed E-state index contributed by atoms with van der Waals surface area (Å²) in [6.07, 6.45) is 0.831. The minimum Gasteiger partial charge on any atom is -0.329 e. The van der Waals surface area contributed by atoms with Gasteiger partial charge in [-0.15, -0.1) is 0 Å². The second kappa shape index (κ2) is 8.18. The average Bonchev–Trinajstić information content (AvgIpc) is 2.38. The fourth-order valence-corrected chi connectivity index (χ4v) is 1.83. The molecule has 0 aromatic heterocycles. The highest BCUT2D eigenvalue weighted by molar-refractivity contribution is 6.33. The summed E-state index contributed by atoms with van der Waals surface area (Å²) in [5.41, 5.74) is 0.0800. The van der Waals surface area contributed by atoms with E-state index < -0.39 is 17.4 Å². The fourth-order valence-electron chi connectivity index (χ4n) is 1.34. The van der Waals surface area contributed by atoms with Crippen LogP contribution in [0, 0.1) is 0 Å². The number of benzene rings is 1. The van der Waals surface area contributed by atoms with E-state index in [4.69, 9.17) is 32.7 Å². The summed E-state index contributed by atoms with van der Waals surface area (Å²) in [6.45, 7) is 3.90. The first-order valence-electron chi connectivity index (χ1n) is 5.98. The van der Waals surface area contributed by atoms with Crippen LogP contribution in [0.3, 0.4) is 0 Å². The lowest BCUT2D eigenvalue weighted by Crippen LogP contribution is -2.23. The van der Waals surface area contributed by atoms with Crippen molar-refractivity contribution < 1.29 is 9.47 Å². The predicted molar refractivity (Wildman–Crippen MR) is 76.6 cm³/mol. The van der Waals surface area contributed by atoms with Crippen LogP contribution in [0.5, 0.6) is 0 Å². The number of rotatable bonds is 7. The Morgan fingerprint density at radius 1 is 1.06 bits per heavy atom. The van der Waals surface area contributed by atoms with Crippen LogP contribution in [-0.4, -0.2) is 21.4 Å². The van der Waals surface area contributed by atoms with Crippen LogP contribution >= 0.6 is 23.2 Å². The molecule has 0 saturated heterocycles. The summed E-state index contributed by atoms with van der Waals surface area (Å²) in [6, 6.07) is 7.70. The molecule has 0 heterocycles. The topological polar surface area (TPSA) is 18.5 Å². The monoisotopic (exact) mass is 303 g/mol. The molecule has 5 heteroatoms. The number of hydrogen-bond donors (Lipinski definition) is 0. The molecule has 0 bridgehead atoms. The van der Waals surface area contributed by atoms with Crippen LogP contribution in [0.2, 0.25) is 0 Å². The first kappa shape index (κ1) is 16.0. The zero-order valence-corrected chi connectivity index (χ0v) is 13.0. The van der Waals surface area contributed by atoms with E-state index in [1.807, 2.05) is 38.1 Å². The lowest BCUT2D eigenvalue weighted by Gasteiger charge is -2.24. The van der Waals surface area contributed by atoms with E-state index in [9.17, 15) is 0 Å². The highest BCUT2D eigenvalue weighted by Crippen LogP contribution is 2.25. The van der Waals surface area contributed by atoms with E-state index in [0.717, 1.165) is 10.8 Å². The summed E-state index contributed by atoms with van der Waals surface area (Å²) in [4.78, 5) is 0. The first-order chi connectivity index (χ1) is 8.58. The second-order valence-electron chi connectivity index (χ2n) is 3.83. The number of ether oxygens (including phenoxy) is 2. The Labute approximate surface area is 122 Å². The Morgan fingerprint density at radius 3 is 2.00 bits per heavy atom. The van der Waals surface area contributed by atoms with Crippen LogP contribution in [0.15, 0.2) is 24.3 Å². The normalized spacial score (nSPS) is 16.3. The molecule has 0 spiro atoms. The molecule has 0 N–H and O–H groups in total. The molecule has 2 atom stereocenters. The minimum absolute atomic E-state index is 0.401. The van der Waals surface area contributed by atoms with Gasteiger partial charge < -0.3 is 9.47 Å². The molecule has 2 unspecified atom stereocenters. The zero-order valence-electron chi connectivity index (χ0n) is 10.5. The molecule has 0 amide bonds. The second-order valence-corrected chi connectivity index (χ2v) is 5.34. The lowest BCUT2D eigenvalue weighted by atomic mass is 10.2. The molecule has 18 heavy (non-hydrogen) atoms. The average molecular weight is 304 g/mol. The van der Waals surface area contributed by atoms with Gasteiger partial charge in [-0.1, -0.05) is 66.5 Å². The smallest absolute Gasteiger partial charge is 0.187 e. The third-order valence-electron chi connectivity index (χ3n) is 2.40. The van der Waals surface area contributed by atoms with Gasteiger partial charge in [0, 0.05) is 5.56 Å². The Morgan fingerprint density at radius 2 is 1.56 bits per heavy atom. The van der Waals surface area contributed by atoms with E-state index in [-0.39, 0.29) is 0 Å². The number of alkyl halides is 2. The third kappa shape index (κ3) is 4.90. The summed E-state index contributed by atoms with van der Waals surface area (Å²) >= 11 is 12.1. The van der Waals surface area contributed by atoms with Gasteiger partial charge in [-0.2, -0.15) is 0 Å². The van der Waals surface area contributed by atoms with Crippen LogP contribution < -0.4 is 5.19 Å². The minimum atomic E-state index is -0.566. The summed E-state index contributed by atoms with van der Waals surface area (Å²) < 4.78 is 11.3. The lowest BCUT2D eigenvalue weighted by molar-refractivity contribution is -0.167. The number of halogens is 2. The third-order valence-corrected chi connectivity index (χ3v) is 3.68. The van der Waals surface area contributed by atoms with Gasteiger partial charge in [0.15, 0.2) is 6.29 Å². The molecule has 1 aromatic carbocycles. The van der Waals surface area contributed by atoms with Crippen molar-refractivity contribution in [1.29, 1.82) is 0 Å². The van der Waals surface area contributed by atoms with E-state index in [2.05, 4.69) is 10.2 Å². The molecule has 2 nitrogen and oxygen atoms in total. The molecule has 99 valence electrons. The Kier molecular flexibility index (Phi) is 7.26.